The van der Waals surface area contributed by atoms with Crippen LogP contribution in [0, 0.1) is 21.0 Å². The zero-order valence-electron chi connectivity index (χ0n) is 6.00. The van der Waals surface area contributed by atoms with Crippen molar-refractivity contribution in [3.8, 4) is 5.75 Å². The third kappa shape index (κ3) is 1.50. The third-order valence-electron chi connectivity index (χ3n) is 1.28. The highest BCUT2D eigenvalue weighted by Gasteiger charge is 2.17. The average molecular weight is 288 g/mol. The van der Waals surface area contributed by atoms with Crippen LogP contribution in [0.2, 0.25) is 0 Å². The van der Waals surface area contributed by atoms with Crippen molar-refractivity contribution >= 4 is 22.6 Å². The monoisotopic (exact) mass is 288 g/mol. The molecular formula is C7H4F3IO. The van der Waals surface area contributed by atoms with E-state index in [1.54, 1.807) is 0 Å². The van der Waals surface area contributed by atoms with E-state index in [2.05, 4.69) is 4.74 Å². The predicted molar refractivity (Wildman–Crippen MR) is 45.6 cm³/mol. The summed E-state index contributed by atoms with van der Waals surface area (Å²) < 4.78 is 42.5. The van der Waals surface area contributed by atoms with Gasteiger partial charge in [-0.3, -0.25) is 0 Å². The Morgan fingerprint density at radius 2 is 1.83 bits per heavy atom. The maximum Gasteiger partial charge on any atom is 0.204 e. The van der Waals surface area contributed by atoms with E-state index in [0.29, 0.717) is 0 Å². The van der Waals surface area contributed by atoms with Gasteiger partial charge in [-0.1, -0.05) is 0 Å². The van der Waals surface area contributed by atoms with Crippen LogP contribution in [0.5, 0.6) is 5.75 Å². The van der Waals surface area contributed by atoms with Crippen molar-refractivity contribution in [2.75, 3.05) is 7.11 Å². The maximum absolute atomic E-state index is 12.8. The summed E-state index contributed by atoms with van der Waals surface area (Å²) in [6.45, 7) is 0. The fourth-order valence-corrected chi connectivity index (χ4v) is 1.25. The molecule has 1 aromatic rings. The summed E-state index contributed by atoms with van der Waals surface area (Å²) in [5.74, 6) is -3.97. The minimum Gasteiger partial charge on any atom is -0.491 e. The van der Waals surface area contributed by atoms with Gasteiger partial charge in [0.25, 0.3) is 0 Å². The first-order valence-electron chi connectivity index (χ1n) is 2.95. The summed E-state index contributed by atoms with van der Waals surface area (Å²) in [5, 5.41) is 0. The van der Waals surface area contributed by atoms with E-state index in [4.69, 9.17) is 0 Å². The van der Waals surface area contributed by atoms with Crippen LogP contribution in [0.4, 0.5) is 13.2 Å². The molecule has 0 spiro atoms. The van der Waals surface area contributed by atoms with Crippen molar-refractivity contribution in [1.29, 1.82) is 0 Å². The molecule has 0 aliphatic rings. The Kier molecular flexibility index (Phi) is 2.81. The number of ether oxygens (including phenoxy) is 1. The molecule has 0 N–H and O–H groups in total. The Hall–Kier alpha value is -0.460. The van der Waals surface area contributed by atoms with E-state index in [1.165, 1.54) is 22.6 Å². The van der Waals surface area contributed by atoms with E-state index in [0.717, 1.165) is 13.2 Å². The molecule has 0 bridgehead atoms. The lowest BCUT2D eigenvalue weighted by Gasteiger charge is -2.04. The van der Waals surface area contributed by atoms with Crippen LogP contribution in [-0.4, -0.2) is 7.11 Å². The van der Waals surface area contributed by atoms with Crippen LogP contribution in [0.3, 0.4) is 0 Å². The quantitative estimate of drug-likeness (QED) is 0.438. The standard InChI is InChI=1S/C7H4F3IO/c1-12-7-3(8)2-4(11)5(9)6(7)10/h2H,1H3. The Labute approximate surface area is 80.7 Å². The first-order chi connectivity index (χ1) is 5.57. The van der Waals surface area contributed by atoms with E-state index in [9.17, 15) is 13.2 Å². The van der Waals surface area contributed by atoms with Crippen LogP contribution >= 0.6 is 22.6 Å². The van der Waals surface area contributed by atoms with E-state index in [1.807, 2.05) is 0 Å². The van der Waals surface area contributed by atoms with Crippen molar-refractivity contribution in [3.63, 3.8) is 0 Å². The van der Waals surface area contributed by atoms with Gasteiger partial charge in [0.2, 0.25) is 5.82 Å². The molecule has 0 atom stereocenters. The van der Waals surface area contributed by atoms with Gasteiger partial charge < -0.3 is 4.74 Å². The summed E-state index contributed by atoms with van der Waals surface area (Å²) in [4.78, 5) is 0. The summed E-state index contributed by atoms with van der Waals surface area (Å²) in [6.07, 6.45) is 0. The van der Waals surface area contributed by atoms with E-state index in [-0.39, 0.29) is 3.57 Å². The molecule has 0 saturated heterocycles. The average Bonchev–Trinajstić information content (AvgIpc) is 2.01. The first kappa shape index (κ1) is 9.63. The number of rotatable bonds is 1. The van der Waals surface area contributed by atoms with Gasteiger partial charge >= 0.3 is 0 Å². The lowest BCUT2D eigenvalue weighted by Crippen LogP contribution is -1.98. The van der Waals surface area contributed by atoms with Crippen molar-refractivity contribution in [2.45, 2.75) is 0 Å². The van der Waals surface area contributed by atoms with Crippen LogP contribution in [-0.2, 0) is 0 Å². The van der Waals surface area contributed by atoms with Gasteiger partial charge in [-0.25, -0.2) is 8.78 Å². The number of benzene rings is 1. The van der Waals surface area contributed by atoms with Crippen molar-refractivity contribution in [3.05, 3.63) is 27.1 Å². The number of halogens is 4. The molecule has 12 heavy (non-hydrogen) atoms. The second-order valence-corrected chi connectivity index (χ2v) is 3.16. The summed E-state index contributed by atoms with van der Waals surface area (Å²) >= 11 is 1.50. The minimum atomic E-state index is -1.29. The molecule has 1 aromatic carbocycles. The zero-order valence-corrected chi connectivity index (χ0v) is 8.15. The SMILES string of the molecule is COc1c(F)cc(I)c(F)c1F. The van der Waals surface area contributed by atoms with Crippen LogP contribution in [0.25, 0.3) is 0 Å². The third-order valence-corrected chi connectivity index (χ3v) is 2.06. The van der Waals surface area contributed by atoms with Crippen LogP contribution in [0.15, 0.2) is 6.07 Å². The Morgan fingerprint density at radius 3 is 2.33 bits per heavy atom. The number of hydrogen-bond acceptors (Lipinski definition) is 1. The molecule has 0 fully saturated rings. The fraction of sp³-hybridized carbons (Fsp3) is 0.143. The first-order valence-corrected chi connectivity index (χ1v) is 4.02. The van der Waals surface area contributed by atoms with Gasteiger partial charge in [-0.15, -0.1) is 0 Å². The number of hydrogen-bond donors (Lipinski definition) is 0. The van der Waals surface area contributed by atoms with Gasteiger partial charge in [0.15, 0.2) is 17.4 Å². The normalized spacial score (nSPS) is 10.1. The van der Waals surface area contributed by atoms with Gasteiger partial charge in [-0.05, 0) is 28.7 Å². The molecule has 5 heteroatoms. The molecule has 1 nitrogen and oxygen atoms in total. The van der Waals surface area contributed by atoms with Gasteiger partial charge in [0.1, 0.15) is 0 Å². The lowest BCUT2D eigenvalue weighted by atomic mass is 10.3. The summed E-state index contributed by atoms with van der Waals surface area (Å²) in [7, 11) is 1.08. The molecule has 0 radical (unpaired) electrons. The highest BCUT2D eigenvalue weighted by atomic mass is 127. The van der Waals surface area contributed by atoms with Crippen molar-refractivity contribution in [2.24, 2.45) is 0 Å². The van der Waals surface area contributed by atoms with Crippen LogP contribution < -0.4 is 4.74 Å². The molecule has 0 amide bonds. The molecule has 0 aliphatic heterocycles. The predicted octanol–water partition coefficient (Wildman–Crippen LogP) is 2.72. The number of methoxy groups -OCH3 is 1. The fourth-order valence-electron chi connectivity index (χ4n) is 0.737. The molecule has 0 aromatic heterocycles. The second kappa shape index (κ2) is 3.51. The van der Waals surface area contributed by atoms with Crippen molar-refractivity contribution < 1.29 is 17.9 Å². The molecular weight excluding hydrogens is 284 g/mol. The maximum atomic E-state index is 12.8. The van der Waals surface area contributed by atoms with Crippen LogP contribution in [0.1, 0.15) is 0 Å². The van der Waals surface area contributed by atoms with Gasteiger partial charge in [-0.2, -0.15) is 4.39 Å². The highest BCUT2D eigenvalue weighted by molar-refractivity contribution is 14.1. The molecule has 0 aliphatic carbocycles. The Morgan fingerprint density at radius 1 is 1.25 bits per heavy atom. The van der Waals surface area contributed by atoms with Crippen molar-refractivity contribution in [1.82, 2.24) is 0 Å². The topological polar surface area (TPSA) is 9.23 Å². The summed E-state index contributed by atoms with van der Waals surface area (Å²) in [6, 6.07) is 0.873. The molecule has 1 rings (SSSR count). The summed E-state index contributed by atoms with van der Waals surface area (Å²) in [5.41, 5.74) is 0. The van der Waals surface area contributed by atoms with E-state index < -0.39 is 23.2 Å². The van der Waals surface area contributed by atoms with Gasteiger partial charge in [0, 0.05) is 0 Å². The Bertz CT molecular complexity index is 314. The highest BCUT2D eigenvalue weighted by Crippen LogP contribution is 2.26. The molecule has 0 heterocycles. The Balaban J connectivity index is 3.40. The van der Waals surface area contributed by atoms with Gasteiger partial charge in [0.05, 0.1) is 10.7 Å². The molecule has 66 valence electrons. The second-order valence-electron chi connectivity index (χ2n) is 2.00. The molecule has 0 unspecified atom stereocenters. The largest absolute Gasteiger partial charge is 0.491 e. The molecule has 0 saturated carbocycles. The smallest absolute Gasteiger partial charge is 0.204 e. The zero-order chi connectivity index (χ0) is 9.30. The lowest BCUT2D eigenvalue weighted by molar-refractivity contribution is 0.345. The minimum absolute atomic E-state index is 0.108. The van der Waals surface area contributed by atoms with E-state index >= 15 is 0 Å².